The number of carbonyl (C=O) groups is 1. The van der Waals surface area contributed by atoms with E-state index in [4.69, 9.17) is 0 Å². The predicted molar refractivity (Wildman–Crippen MR) is 72.8 cm³/mol. The van der Waals surface area contributed by atoms with Crippen LogP contribution in [0.4, 0.5) is 0 Å². The van der Waals surface area contributed by atoms with E-state index in [1.54, 1.807) is 0 Å². The van der Waals surface area contributed by atoms with Crippen molar-refractivity contribution in [2.45, 2.75) is 59.8 Å². The van der Waals surface area contributed by atoms with E-state index in [0.29, 0.717) is 17.7 Å². The topological polar surface area (TPSA) is 20.3 Å². The van der Waals surface area contributed by atoms with E-state index in [-0.39, 0.29) is 5.92 Å². The van der Waals surface area contributed by atoms with Gasteiger partial charge in [-0.15, -0.1) is 0 Å². The quantitative estimate of drug-likeness (QED) is 0.716. The van der Waals surface area contributed by atoms with E-state index < -0.39 is 0 Å². The Morgan fingerprint density at radius 1 is 0.941 bits per heavy atom. The predicted octanol–water partition coefficient (Wildman–Crippen LogP) is 3.71. The first-order chi connectivity index (χ1) is 8.00. The Hall–Kier alpha value is -0.530. The van der Waals surface area contributed by atoms with Crippen molar-refractivity contribution < 1.29 is 4.79 Å². The first kappa shape index (κ1) is 14.5. The van der Waals surface area contributed by atoms with Gasteiger partial charge in [0.15, 0.2) is 0 Å². The lowest BCUT2D eigenvalue weighted by Gasteiger charge is -2.31. The molecule has 0 N–H and O–H groups in total. The molecule has 17 heavy (non-hydrogen) atoms. The highest BCUT2D eigenvalue weighted by Crippen LogP contribution is 2.24. The van der Waals surface area contributed by atoms with Crippen LogP contribution in [0.3, 0.4) is 0 Å². The van der Waals surface area contributed by atoms with E-state index in [1.807, 2.05) is 0 Å². The summed E-state index contributed by atoms with van der Waals surface area (Å²) < 4.78 is 0. The molecule has 1 rings (SSSR count). The Bertz CT molecular complexity index is 219. The van der Waals surface area contributed by atoms with Gasteiger partial charge in [0.1, 0.15) is 0 Å². The molecule has 0 aliphatic carbocycles. The lowest BCUT2D eigenvalue weighted by molar-refractivity contribution is -0.137. The molecule has 0 saturated carbocycles. The van der Waals surface area contributed by atoms with Gasteiger partial charge in [-0.05, 0) is 43.9 Å². The molecule has 1 saturated heterocycles. The molecule has 0 aromatic carbocycles. The average Bonchev–Trinajstić information content (AvgIpc) is 2.27. The van der Waals surface area contributed by atoms with Gasteiger partial charge < -0.3 is 4.90 Å². The second-order valence-corrected chi connectivity index (χ2v) is 6.34. The Balaban J connectivity index is 2.56. The van der Waals surface area contributed by atoms with Crippen LogP contribution in [0, 0.1) is 17.8 Å². The Kier molecular flexibility index (Phi) is 6.01. The molecular weight excluding hydrogens is 210 g/mol. The van der Waals surface area contributed by atoms with Crippen molar-refractivity contribution in [3.05, 3.63) is 0 Å². The van der Waals surface area contributed by atoms with Gasteiger partial charge in [0.2, 0.25) is 5.91 Å². The van der Waals surface area contributed by atoms with Gasteiger partial charge in [-0.1, -0.05) is 27.7 Å². The van der Waals surface area contributed by atoms with Gasteiger partial charge in [0.05, 0.1) is 0 Å². The zero-order valence-electron chi connectivity index (χ0n) is 12.0. The molecule has 0 radical (unpaired) electrons. The normalized spacial score (nSPS) is 17.2. The third-order valence-electron chi connectivity index (χ3n) is 3.53. The molecule has 1 amide bonds. The number of amides is 1. The van der Waals surface area contributed by atoms with Gasteiger partial charge in [-0.25, -0.2) is 0 Å². The maximum absolute atomic E-state index is 12.5. The van der Waals surface area contributed by atoms with Crippen molar-refractivity contribution in [2.24, 2.45) is 17.8 Å². The fourth-order valence-electron chi connectivity index (χ4n) is 2.81. The van der Waals surface area contributed by atoms with Crippen molar-refractivity contribution in [1.29, 1.82) is 0 Å². The second-order valence-electron chi connectivity index (χ2n) is 6.34. The Morgan fingerprint density at radius 2 is 1.41 bits per heavy atom. The second kappa shape index (κ2) is 7.03. The molecule has 0 bridgehead atoms. The summed E-state index contributed by atoms with van der Waals surface area (Å²) in [6.45, 7) is 10.9. The summed E-state index contributed by atoms with van der Waals surface area (Å²) in [5.74, 6) is 1.92. The average molecular weight is 239 g/mol. The summed E-state index contributed by atoms with van der Waals surface area (Å²) in [5.41, 5.74) is 0. The van der Waals surface area contributed by atoms with Crippen LogP contribution in [0.15, 0.2) is 0 Å². The molecular formula is C15H29NO. The Labute approximate surface area is 107 Å². The van der Waals surface area contributed by atoms with Gasteiger partial charge in [0, 0.05) is 19.0 Å². The lowest BCUT2D eigenvalue weighted by atomic mass is 9.88. The van der Waals surface area contributed by atoms with Gasteiger partial charge in [-0.2, -0.15) is 0 Å². The molecule has 0 spiro atoms. The summed E-state index contributed by atoms with van der Waals surface area (Å²) in [6.07, 6.45) is 5.79. The van der Waals surface area contributed by atoms with Crippen LogP contribution in [0.5, 0.6) is 0 Å². The minimum atomic E-state index is 0.257. The largest absolute Gasteiger partial charge is 0.342 e. The molecule has 0 unspecified atom stereocenters. The van der Waals surface area contributed by atoms with Crippen LogP contribution >= 0.6 is 0 Å². The molecule has 2 heteroatoms. The Morgan fingerprint density at radius 3 is 1.82 bits per heavy atom. The van der Waals surface area contributed by atoms with Crippen LogP contribution in [0.25, 0.3) is 0 Å². The van der Waals surface area contributed by atoms with Gasteiger partial charge in [0.25, 0.3) is 0 Å². The minimum absolute atomic E-state index is 0.257. The van der Waals surface area contributed by atoms with Gasteiger partial charge >= 0.3 is 0 Å². The highest BCUT2D eigenvalue weighted by atomic mass is 16.2. The smallest absolute Gasteiger partial charge is 0.225 e. The van der Waals surface area contributed by atoms with E-state index in [2.05, 4.69) is 32.6 Å². The molecule has 1 aliphatic rings. The summed E-state index contributed by atoms with van der Waals surface area (Å²) in [5, 5.41) is 0. The van der Waals surface area contributed by atoms with Crippen LogP contribution in [-0.4, -0.2) is 23.9 Å². The summed E-state index contributed by atoms with van der Waals surface area (Å²) in [7, 11) is 0. The first-order valence-corrected chi connectivity index (χ1v) is 7.29. The van der Waals surface area contributed by atoms with Crippen molar-refractivity contribution in [3.63, 3.8) is 0 Å². The minimum Gasteiger partial charge on any atom is -0.342 e. The fraction of sp³-hybridized carbons (Fsp3) is 0.933. The van der Waals surface area contributed by atoms with Crippen LogP contribution in [0.2, 0.25) is 0 Å². The standard InChI is InChI=1S/C15H29NO/c1-12(2)10-14(11-13(3)4)15(17)16-8-6-5-7-9-16/h12-14H,5-11H2,1-4H3. The lowest BCUT2D eigenvalue weighted by Crippen LogP contribution is -2.40. The molecule has 100 valence electrons. The summed E-state index contributed by atoms with van der Waals surface area (Å²) >= 11 is 0. The van der Waals surface area contributed by atoms with Crippen LogP contribution in [-0.2, 0) is 4.79 Å². The molecule has 0 aromatic rings. The highest BCUT2D eigenvalue weighted by molar-refractivity contribution is 5.78. The molecule has 2 nitrogen and oxygen atoms in total. The highest BCUT2D eigenvalue weighted by Gasteiger charge is 2.26. The third kappa shape index (κ3) is 5.10. The zero-order chi connectivity index (χ0) is 12.8. The molecule has 1 heterocycles. The number of hydrogen-bond acceptors (Lipinski definition) is 1. The SMILES string of the molecule is CC(C)CC(CC(C)C)C(=O)N1CCCCC1. The maximum Gasteiger partial charge on any atom is 0.225 e. The molecule has 0 atom stereocenters. The van der Waals surface area contributed by atoms with E-state index in [1.165, 1.54) is 19.3 Å². The first-order valence-electron chi connectivity index (χ1n) is 7.29. The number of likely N-dealkylation sites (tertiary alicyclic amines) is 1. The number of rotatable bonds is 5. The van der Waals surface area contributed by atoms with E-state index >= 15 is 0 Å². The van der Waals surface area contributed by atoms with Crippen molar-refractivity contribution in [2.75, 3.05) is 13.1 Å². The molecule has 0 aromatic heterocycles. The number of piperidine rings is 1. The van der Waals surface area contributed by atoms with E-state index in [0.717, 1.165) is 25.9 Å². The van der Waals surface area contributed by atoms with Crippen LogP contribution < -0.4 is 0 Å². The zero-order valence-corrected chi connectivity index (χ0v) is 12.0. The fourth-order valence-corrected chi connectivity index (χ4v) is 2.81. The summed E-state index contributed by atoms with van der Waals surface area (Å²) in [4.78, 5) is 14.6. The summed E-state index contributed by atoms with van der Waals surface area (Å²) in [6, 6.07) is 0. The van der Waals surface area contributed by atoms with Crippen molar-refractivity contribution in [1.82, 2.24) is 4.90 Å². The van der Waals surface area contributed by atoms with Crippen molar-refractivity contribution in [3.8, 4) is 0 Å². The molecule has 1 aliphatic heterocycles. The van der Waals surface area contributed by atoms with Crippen LogP contribution in [0.1, 0.15) is 59.8 Å². The molecule has 1 fully saturated rings. The monoisotopic (exact) mass is 239 g/mol. The van der Waals surface area contributed by atoms with Crippen molar-refractivity contribution >= 4 is 5.91 Å². The number of nitrogens with zero attached hydrogens (tertiary/aromatic N) is 1. The van der Waals surface area contributed by atoms with Gasteiger partial charge in [-0.3, -0.25) is 4.79 Å². The number of carbonyl (C=O) groups excluding carboxylic acids is 1. The number of hydrogen-bond donors (Lipinski definition) is 0. The third-order valence-corrected chi connectivity index (χ3v) is 3.53. The maximum atomic E-state index is 12.5. The van der Waals surface area contributed by atoms with E-state index in [9.17, 15) is 4.79 Å².